The molecule has 78 valence electrons. The summed E-state index contributed by atoms with van der Waals surface area (Å²) < 4.78 is 0. The summed E-state index contributed by atoms with van der Waals surface area (Å²) in [4.78, 5) is 0. The number of hydrogen-bond donors (Lipinski definition) is 1. The number of rotatable bonds is 3. The van der Waals surface area contributed by atoms with Crippen LogP contribution in [-0.2, 0) is 6.42 Å². The van der Waals surface area contributed by atoms with Crippen LogP contribution in [0.4, 0.5) is 0 Å². The Labute approximate surface area is 86.8 Å². The van der Waals surface area contributed by atoms with Crippen LogP contribution < -0.4 is 0 Å². The van der Waals surface area contributed by atoms with Crippen LogP contribution in [0.2, 0.25) is 0 Å². The van der Waals surface area contributed by atoms with Crippen molar-refractivity contribution in [1.82, 2.24) is 0 Å². The van der Waals surface area contributed by atoms with Gasteiger partial charge < -0.3 is 5.11 Å². The molecule has 1 nitrogen and oxygen atoms in total. The molecular formula is C13H20O. The van der Waals surface area contributed by atoms with Crippen molar-refractivity contribution in [3.63, 3.8) is 0 Å². The minimum absolute atomic E-state index is 0.198. The molecule has 0 spiro atoms. The highest BCUT2D eigenvalue weighted by Gasteiger charge is 2.03. The lowest BCUT2D eigenvalue weighted by Gasteiger charge is -2.10. The van der Waals surface area contributed by atoms with E-state index >= 15 is 0 Å². The topological polar surface area (TPSA) is 20.2 Å². The fourth-order valence-corrected chi connectivity index (χ4v) is 1.65. The van der Waals surface area contributed by atoms with Crippen molar-refractivity contribution in [1.29, 1.82) is 0 Å². The predicted octanol–water partition coefficient (Wildman–Crippen LogP) is 2.93. The molecule has 14 heavy (non-hydrogen) atoms. The highest BCUT2D eigenvalue weighted by atomic mass is 16.3. The van der Waals surface area contributed by atoms with Gasteiger partial charge in [0, 0.05) is 0 Å². The lowest BCUT2D eigenvalue weighted by molar-refractivity contribution is 0.185. The zero-order valence-corrected chi connectivity index (χ0v) is 9.59. The molecular weight excluding hydrogens is 172 g/mol. The third kappa shape index (κ3) is 2.85. The third-order valence-electron chi connectivity index (χ3n) is 2.78. The molecule has 0 aromatic heterocycles. The Balaban J connectivity index is 2.82. The quantitative estimate of drug-likeness (QED) is 0.780. The number of aliphatic hydroxyl groups is 1. The van der Waals surface area contributed by atoms with Gasteiger partial charge in [-0.15, -0.1) is 0 Å². The smallest absolute Gasteiger partial charge is 0.0515 e. The van der Waals surface area contributed by atoms with Crippen molar-refractivity contribution in [2.24, 2.45) is 0 Å². The van der Waals surface area contributed by atoms with Crippen LogP contribution in [0.25, 0.3) is 0 Å². The Kier molecular flexibility index (Phi) is 3.70. The molecule has 1 N–H and O–H groups in total. The maximum Gasteiger partial charge on any atom is 0.0515 e. The van der Waals surface area contributed by atoms with Crippen LogP contribution in [0.15, 0.2) is 12.1 Å². The van der Waals surface area contributed by atoms with Crippen LogP contribution >= 0.6 is 0 Å². The Hall–Kier alpha value is -0.820. The molecule has 0 amide bonds. The number of hydrogen-bond acceptors (Lipinski definition) is 1. The van der Waals surface area contributed by atoms with E-state index in [0.29, 0.717) is 0 Å². The molecule has 0 aliphatic carbocycles. The first kappa shape index (κ1) is 11.3. The first-order valence-electron chi connectivity index (χ1n) is 5.25. The largest absolute Gasteiger partial charge is 0.393 e. The van der Waals surface area contributed by atoms with Crippen LogP contribution in [0, 0.1) is 20.8 Å². The van der Waals surface area contributed by atoms with Gasteiger partial charge in [0.05, 0.1) is 6.10 Å². The van der Waals surface area contributed by atoms with E-state index in [4.69, 9.17) is 0 Å². The Morgan fingerprint density at radius 1 is 1.07 bits per heavy atom. The van der Waals surface area contributed by atoms with Crippen LogP contribution in [0.3, 0.4) is 0 Å². The average Bonchev–Trinajstić information content (AvgIpc) is 2.09. The number of aryl methyl sites for hydroxylation is 4. The fourth-order valence-electron chi connectivity index (χ4n) is 1.65. The van der Waals surface area contributed by atoms with E-state index in [1.165, 1.54) is 22.3 Å². The molecule has 1 rings (SSSR count). The molecule has 1 aromatic carbocycles. The van der Waals surface area contributed by atoms with Gasteiger partial charge >= 0.3 is 0 Å². The molecule has 0 unspecified atom stereocenters. The highest BCUT2D eigenvalue weighted by molar-refractivity contribution is 5.36. The number of aliphatic hydroxyl groups excluding tert-OH is 1. The van der Waals surface area contributed by atoms with Crippen molar-refractivity contribution >= 4 is 0 Å². The van der Waals surface area contributed by atoms with Gasteiger partial charge in [0.25, 0.3) is 0 Å². The van der Waals surface area contributed by atoms with Gasteiger partial charge in [0.1, 0.15) is 0 Å². The standard InChI is InChI=1S/C13H20O/c1-9-7-11(3)13(8-10(9)2)6-5-12(4)14/h7-8,12,14H,5-6H2,1-4H3/t12-/m0/s1. The molecule has 0 fully saturated rings. The van der Waals surface area contributed by atoms with Gasteiger partial charge in [0.2, 0.25) is 0 Å². The fraction of sp³-hybridized carbons (Fsp3) is 0.538. The molecule has 0 radical (unpaired) electrons. The summed E-state index contributed by atoms with van der Waals surface area (Å²) in [6, 6.07) is 4.47. The minimum atomic E-state index is -0.198. The van der Waals surface area contributed by atoms with Crippen molar-refractivity contribution in [2.45, 2.75) is 46.6 Å². The normalized spacial score (nSPS) is 12.9. The summed E-state index contributed by atoms with van der Waals surface area (Å²) in [5, 5.41) is 9.23. The molecule has 1 heteroatoms. The molecule has 0 heterocycles. The lowest BCUT2D eigenvalue weighted by Crippen LogP contribution is -2.03. The lowest BCUT2D eigenvalue weighted by atomic mass is 9.97. The predicted molar refractivity (Wildman–Crippen MR) is 60.7 cm³/mol. The van der Waals surface area contributed by atoms with Crippen molar-refractivity contribution in [3.05, 3.63) is 34.4 Å². The average molecular weight is 192 g/mol. The molecule has 0 saturated carbocycles. The monoisotopic (exact) mass is 192 g/mol. The SMILES string of the molecule is Cc1cc(C)c(CC[C@H](C)O)cc1C. The minimum Gasteiger partial charge on any atom is -0.393 e. The second-order valence-corrected chi connectivity index (χ2v) is 4.25. The van der Waals surface area contributed by atoms with E-state index in [-0.39, 0.29) is 6.10 Å². The Morgan fingerprint density at radius 3 is 2.21 bits per heavy atom. The van der Waals surface area contributed by atoms with Gasteiger partial charge in [-0.3, -0.25) is 0 Å². The van der Waals surface area contributed by atoms with Crippen LogP contribution in [0.5, 0.6) is 0 Å². The van der Waals surface area contributed by atoms with Crippen LogP contribution in [-0.4, -0.2) is 11.2 Å². The van der Waals surface area contributed by atoms with Crippen molar-refractivity contribution in [2.75, 3.05) is 0 Å². The zero-order chi connectivity index (χ0) is 10.7. The van der Waals surface area contributed by atoms with Crippen molar-refractivity contribution < 1.29 is 5.11 Å². The first-order chi connectivity index (χ1) is 6.50. The third-order valence-corrected chi connectivity index (χ3v) is 2.78. The van der Waals surface area contributed by atoms with E-state index < -0.39 is 0 Å². The number of benzene rings is 1. The van der Waals surface area contributed by atoms with Crippen molar-refractivity contribution in [3.8, 4) is 0 Å². The second kappa shape index (κ2) is 4.61. The van der Waals surface area contributed by atoms with Gasteiger partial charge in [-0.2, -0.15) is 0 Å². The zero-order valence-electron chi connectivity index (χ0n) is 9.59. The Morgan fingerprint density at radius 2 is 1.64 bits per heavy atom. The van der Waals surface area contributed by atoms with Gasteiger partial charge in [0.15, 0.2) is 0 Å². The summed E-state index contributed by atoms with van der Waals surface area (Å²) in [5.41, 5.74) is 5.40. The maximum absolute atomic E-state index is 9.23. The van der Waals surface area contributed by atoms with E-state index in [1.54, 1.807) is 0 Å². The summed E-state index contributed by atoms with van der Waals surface area (Å²) in [6.45, 7) is 8.27. The van der Waals surface area contributed by atoms with E-state index in [1.807, 2.05) is 6.92 Å². The first-order valence-corrected chi connectivity index (χ1v) is 5.25. The summed E-state index contributed by atoms with van der Waals surface area (Å²) in [7, 11) is 0. The second-order valence-electron chi connectivity index (χ2n) is 4.25. The van der Waals surface area contributed by atoms with E-state index in [2.05, 4.69) is 32.9 Å². The molecule has 0 saturated heterocycles. The van der Waals surface area contributed by atoms with E-state index in [0.717, 1.165) is 12.8 Å². The summed E-state index contributed by atoms with van der Waals surface area (Å²) >= 11 is 0. The molecule has 1 atom stereocenters. The highest BCUT2D eigenvalue weighted by Crippen LogP contribution is 2.17. The molecule has 0 bridgehead atoms. The molecule has 0 aliphatic heterocycles. The van der Waals surface area contributed by atoms with Crippen LogP contribution in [0.1, 0.15) is 35.6 Å². The van der Waals surface area contributed by atoms with E-state index in [9.17, 15) is 5.11 Å². The van der Waals surface area contributed by atoms with Gasteiger partial charge in [-0.25, -0.2) is 0 Å². The van der Waals surface area contributed by atoms with Gasteiger partial charge in [-0.1, -0.05) is 12.1 Å². The maximum atomic E-state index is 9.23. The molecule has 0 aliphatic rings. The summed E-state index contributed by atoms with van der Waals surface area (Å²) in [5.74, 6) is 0. The molecule has 1 aromatic rings. The van der Waals surface area contributed by atoms with Gasteiger partial charge in [-0.05, 0) is 62.8 Å². The summed E-state index contributed by atoms with van der Waals surface area (Å²) in [6.07, 6.45) is 1.63. The Bertz CT molecular complexity index is 313.